The van der Waals surface area contributed by atoms with Crippen LogP contribution in [0.4, 0.5) is 0 Å². The van der Waals surface area contributed by atoms with E-state index >= 15 is 0 Å². The lowest BCUT2D eigenvalue weighted by atomic mass is 9.78. The van der Waals surface area contributed by atoms with Gasteiger partial charge in [-0.25, -0.2) is 4.79 Å². The number of hydroxylamine groups is 2. The highest BCUT2D eigenvalue weighted by atomic mass is 16.8. The van der Waals surface area contributed by atoms with Crippen molar-refractivity contribution < 1.29 is 14.4 Å². The van der Waals surface area contributed by atoms with Crippen LogP contribution >= 0.6 is 0 Å². The zero-order chi connectivity index (χ0) is 19.3. The number of epoxide rings is 1. The molecule has 2 aliphatic rings. The number of carbonyl (C=O) groups is 1. The lowest BCUT2D eigenvalue weighted by Gasteiger charge is -2.44. The van der Waals surface area contributed by atoms with Gasteiger partial charge in [0.2, 0.25) is 5.60 Å². The normalized spacial score (nSPS) is 30.8. The first-order valence-corrected chi connectivity index (χ1v) is 9.30. The third-order valence-corrected chi connectivity index (χ3v) is 5.41. The van der Waals surface area contributed by atoms with Gasteiger partial charge < -0.3 is 9.57 Å². The van der Waals surface area contributed by atoms with Gasteiger partial charge in [0.15, 0.2) is 5.60 Å². The van der Waals surface area contributed by atoms with Crippen molar-refractivity contribution in [1.82, 2.24) is 5.06 Å². The number of fused-ring (bicyclic) bond motifs is 1. The SMILES string of the molecule is CC(C)(C)N1OC(=O)[C@@]2(C)O[C@@]2(c2ccccc2)[C@@H]1/C=C/c1ccccc1. The monoisotopic (exact) mass is 363 g/mol. The van der Waals surface area contributed by atoms with Crippen molar-refractivity contribution in [3.63, 3.8) is 0 Å². The second kappa shape index (κ2) is 6.04. The second-order valence-electron chi connectivity index (χ2n) is 8.33. The predicted octanol–water partition coefficient (Wildman–Crippen LogP) is 4.33. The smallest absolute Gasteiger partial charge is 0.360 e. The summed E-state index contributed by atoms with van der Waals surface area (Å²) >= 11 is 0. The zero-order valence-corrected chi connectivity index (χ0v) is 16.2. The Morgan fingerprint density at radius 3 is 2.19 bits per heavy atom. The molecule has 2 fully saturated rings. The van der Waals surface area contributed by atoms with Crippen molar-refractivity contribution in [2.45, 2.75) is 50.5 Å². The number of hydrogen-bond donors (Lipinski definition) is 0. The Balaban J connectivity index is 1.83. The summed E-state index contributed by atoms with van der Waals surface area (Å²) in [5.41, 5.74) is -0.0460. The number of nitrogens with zero attached hydrogens (tertiary/aromatic N) is 1. The van der Waals surface area contributed by atoms with E-state index in [0.717, 1.165) is 11.1 Å². The van der Waals surface area contributed by atoms with Crippen molar-refractivity contribution >= 4 is 12.0 Å². The van der Waals surface area contributed by atoms with Gasteiger partial charge in [0.1, 0.15) is 6.04 Å². The van der Waals surface area contributed by atoms with E-state index in [1.165, 1.54) is 0 Å². The molecule has 0 radical (unpaired) electrons. The number of carbonyl (C=O) groups excluding carboxylic acids is 1. The molecule has 2 aromatic carbocycles. The standard InChI is InChI=1S/C23H25NO3/c1-21(2,3)24-19(16-15-17-11-7-5-8-12-17)23(18-13-9-6-10-14-18)22(4,27-23)20(25)26-24/h5-16,19H,1-4H3/b16-15+/t19-,22+,23-/m0/s1. The Hall–Kier alpha value is -2.43. The molecule has 0 N–H and O–H groups in total. The molecular formula is C23H25NO3. The van der Waals surface area contributed by atoms with Crippen LogP contribution in [0.2, 0.25) is 0 Å². The molecule has 0 bridgehead atoms. The van der Waals surface area contributed by atoms with E-state index in [9.17, 15) is 4.79 Å². The lowest BCUT2D eigenvalue weighted by molar-refractivity contribution is -0.243. The summed E-state index contributed by atoms with van der Waals surface area (Å²) in [5, 5.41) is 1.77. The third kappa shape index (κ3) is 2.71. The average molecular weight is 363 g/mol. The quantitative estimate of drug-likeness (QED) is 0.762. The van der Waals surface area contributed by atoms with E-state index in [1.807, 2.05) is 76.2 Å². The molecule has 4 rings (SSSR count). The van der Waals surface area contributed by atoms with Gasteiger partial charge in [-0.3, -0.25) is 0 Å². The van der Waals surface area contributed by atoms with Crippen LogP contribution in [-0.4, -0.2) is 28.2 Å². The molecule has 2 saturated heterocycles. The molecule has 2 heterocycles. The number of rotatable bonds is 3. The van der Waals surface area contributed by atoms with Gasteiger partial charge in [0.25, 0.3) is 0 Å². The highest BCUT2D eigenvalue weighted by molar-refractivity contribution is 5.86. The minimum atomic E-state index is -0.984. The molecule has 140 valence electrons. The van der Waals surface area contributed by atoms with Crippen molar-refractivity contribution in [1.29, 1.82) is 0 Å². The Kier molecular flexibility index (Phi) is 4.02. The van der Waals surface area contributed by atoms with Crippen molar-refractivity contribution in [2.24, 2.45) is 0 Å². The maximum atomic E-state index is 12.8. The van der Waals surface area contributed by atoms with Gasteiger partial charge in [-0.1, -0.05) is 72.8 Å². The van der Waals surface area contributed by atoms with Crippen LogP contribution in [0.25, 0.3) is 6.08 Å². The van der Waals surface area contributed by atoms with Gasteiger partial charge in [-0.2, -0.15) is 0 Å². The van der Waals surface area contributed by atoms with Crippen molar-refractivity contribution in [3.8, 4) is 0 Å². The van der Waals surface area contributed by atoms with E-state index in [0.29, 0.717) is 0 Å². The number of benzene rings is 2. The largest absolute Gasteiger partial charge is 0.364 e. The molecule has 4 heteroatoms. The van der Waals surface area contributed by atoms with Crippen LogP contribution in [0.5, 0.6) is 0 Å². The molecule has 2 aliphatic heterocycles. The summed E-state index contributed by atoms with van der Waals surface area (Å²) in [5.74, 6) is -0.342. The van der Waals surface area contributed by atoms with Gasteiger partial charge in [-0.05, 0) is 38.8 Å². The van der Waals surface area contributed by atoms with E-state index in [1.54, 1.807) is 5.06 Å². The van der Waals surface area contributed by atoms with E-state index < -0.39 is 11.2 Å². The fourth-order valence-corrected chi connectivity index (χ4v) is 3.96. The predicted molar refractivity (Wildman–Crippen MR) is 105 cm³/mol. The maximum absolute atomic E-state index is 12.8. The van der Waals surface area contributed by atoms with Crippen molar-refractivity contribution in [2.75, 3.05) is 0 Å². The van der Waals surface area contributed by atoms with Crippen LogP contribution in [0, 0.1) is 0 Å². The molecular weight excluding hydrogens is 338 g/mol. The molecule has 4 nitrogen and oxygen atoms in total. The van der Waals surface area contributed by atoms with Gasteiger partial charge in [-0.15, -0.1) is 5.06 Å². The van der Waals surface area contributed by atoms with Gasteiger partial charge in [0.05, 0.1) is 0 Å². The summed E-state index contributed by atoms with van der Waals surface area (Å²) in [6.07, 6.45) is 4.15. The lowest BCUT2D eigenvalue weighted by Crippen LogP contribution is -2.60. The summed E-state index contributed by atoms with van der Waals surface area (Å²) in [6, 6.07) is 19.8. The Morgan fingerprint density at radius 1 is 1.00 bits per heavy atom. The Labute approximate surface area is 160 Å². The molecule has 0 aliphatic carbocycles. The molecule has 0 unspecified atom stereocenters. The van der Waals surface area contributed by atoms with E-state index in [4.69, 9.17) is 9.57 Å². The molecule has 0 aromatic heterocycles. The fourth-order valence-electron chi connectivity index (χ4n) is 3.96. The van der Waals surface area contributed by atoms with Gasteiger partial charge in [0, 0.05) is 5.54 Å². The number of hydrogen-bond acceptors (Lipinski definition) is 4. The van der Waals surface area contributed by atoms with Crippen LogP contribution in [-0.2, 0) is 20.0 Å². The Morgan fingerprint density at radius 2 is 1.59 bits per heavy atom. The van der Waals surface area contributed by atoms with E-state index in [-0.39, 0.29) is 17.6 Å². The molecule has 27 heavy (non-hydrogen) atoms. The first-order chi connectivity index (χ1) is 12.8. The summed E-state index contributed by atoms with van der Waals surface area (Å²) in [7, 11) is 0. The summed E-state index contributed by atoms with van der Waals surface area (Å²) in [6.45, 7) is 7.93. The Bertz CT molecular complexity index is 872. The molecule has 2 aromatic rings. The highest BCUT2D eigenvalue weighted by Gasteiger charge is 2.81. The fraction of sp³-hybridized carbons (Fsp3) is 0.348. The van der Waals surface area contributed by atoms with Crippen LogP contribution in [0.1, 0.15) is 38.8 Å². The zero-order valence-electron chi connectivity index (χ0n) is 16.2. The second-order valence-corrected chi connectivity index (χ2v) is 8.33. The third-order valence-electron chi connectivity index (χ3n) is 5.41. The number of ether oxygens (including phenoxy) is 1. The van der Waals surface area contributed by atoms with Crippen LogP contribution in [0.15, 0.2) is 66.7 Å². The molecule has 3 atom stereocenters. The first-order valence-electron chi connectivity index (χ1n) is 9.30. The summed E-state index contributed by atoms with van der Waals surface area (Å²) < 4.78 is 6.21. The average Bonchev–Trinajstić information content (AvgIpc) is 3.31. The van der Waals surface area contributed by atoms with Crippen LogP contribution < -0.4 is 0 Å². The van der Waals surface area contributed by atoms with Gasteiger partial charge >= 0.3 is 5.97 Å². The van der Waals surface area contributed by atoms with Crippen LogP contribution in [0.3, 0.4) is 0 Å². The molecule has 0 spiro atoms. The highest BCUT2D eigenvalue weighted by Crippen LogP contribution is 2.63. The maximum Gasteiger partial charge on any atom is 0.360 e. The minimum absolute atomic E-state index is 0.247. The minimum Gasteiger partial charge on any atom is -0.364 e. The van der Waals surface area contributed by atoms with Crippen molar-refractivity contribution in [3.05, 3.63) is 77.9 Å². The molecule has 0 saturated carbocycles. The van der Waals surface area contributed by atoms with E-state index in [2.05, 4.69) is 24.3 Å². The topological polar surface area (TPSA) is 42.1 Å². The summed E-state index contributed by atoms with van der Waals surface area (Å²) in [4.78, 5) is 18.6. The first kappa shape index (κ1) is 18.0. The molecule has 0 amide bonds.